The maximum absolute atomic E-state index is 11.5. The molecule has 70 valence electrons. The minimum absolute atomic E-state index is 0.217. The minimum atomic E-state index is -0.217. The van der Waals surface area contributed by atoms with E-state index in [1.807, 2.05) is 6.07 Å². The van der Waals surface area contributed by atoms with Gasteiger partial charge < -0.3 is 0 Å². The molecule has 5 nitrogen and oxygen atoms in total. The van der Waals surface area contributed by atoms with Gasteiger partial charge in [0.15, 0.2) is 0 Å². The van der Waals surface area contributed by atoms with Crippen molar-refractivity contribution in [2.45, 2.75) is 0 Å². The van der Waals surface area contributed by atoms with Crippen molar-refractivity contribution in [3.8, 4) is 0 Å². The van der Waals surface area contributed by atoms with Gasteiger partial charge in [0.1, 0.15) is 6.33 Å². The number of H-pyrrole nitrogens is 1. The van der Waals surface area contributed by atoms with Crippen molar-refractivity contribution in [3.63, 3.8) is 0 Å². The van der Waals surface area contributed by atoms with Gasteiger partial charge in [-0.15, -0.1) is 5.10 Å². The van der Waals surface area contributed by atoms with Crippen molar-refractivity contribution in [1.82, 2.24) is 15.2 Å². The number of nitrogens with zero attached hydrogens (tertiary/aromatic N) is 2. The Hall–Kier alpha value is -2.17. The molecule has 2 aromatic rings. The molecule has 14 heavy (non-hydrogen) atoms. The fourth-order valence-electron chi connectivity index (χ4n) is 1.03. The van der Waals surface area contributed by atoms with E-state index in [4.69, 9.17) is 0 Å². The van der Waals surface area contributed by atoms with Crippen LogP contribution in [0, 0.1) is 0 Å². The first-order valence-electron chi connectivity index (χ1n) is 4.08. The highest BCUT2D eigenvalue weighted by molar-refractivity contribution is 6.03. The van der Waals surface area contributed by atoms with Crippen molar-refractivity contribution in [2.75, 3.05) is 5.32 Å². The molecule has 2 rings (SSSR count). The summed E-state index contributed by atoms with van der Waals surface area (Å²) in [5.74, 6) is 0.0593. The van der Waals surface area contributed by atoms with Crippen LogP contribution in [-0.2, 0) is 0 Å². The highest BCUT2D eigenvalue weighted by Gasteiger charge is 2.06. The van der Waals surface area contributed by atoms with E-state index in [1.54, 1.807) is 24.3 Å². The summed E-state index contributed by atoms with van der Waals surface area (Å²) in [4.78, 5) is 15.3. The summed E-state index contributed by atoms with van der Waals surface area (Å²) in [6, 6.07) is 8.90. The SMILES string of the molecule is O=C(Nc1nc[nH]n1)c1ccccc1. The molecule has 1 aromatic heterocycles. The number of hydrogen-bond acceptors (Lipinski definition) is 3. The van der Waals surface area contributed by atoms with Crippen LogP contribution in [0.2, 0.25) is 0 Å². The molecule has 0 saturated heterocycles. The number of carbonyl (C=O) groups is 1. The molecule has 0 aliphatic rings. The molecule has 1 aromatic carbocycles. The number of amides is 1. The first-order valence-corrected chi connectivity index (χ1v) is 4.08. The highest BCUT2D eigenvalue weighted by atomic mass is 16.1. The van der Waals surface area contributed by atoms with Gasteiger partial charge in [-0.2, -0.15) is 0 Å². The molecule has 0 aliphatic carbocycles. The van der Waals surface area contributed by atoms with E-state index in [9.17, 15) is 4.79 Å². The summed E-state index contributed by atoms with van der Waals surface area (Å²) in [7, 11) is 0. The fourth-order valence-corrected chi connectivity index (χ4v) is 1.03. The molecule has 2 N–H and O–H groups in total. The summed E-state index contributed by atoms with van der Waals surface area (Å²) in [6.45, 7) is 0. The van der Waals surface area contributed by atoms with Crippen LogP contribution in [0.4, 0.5) is 5.95 Å². The number of anilines is 1. The number of hydrogen-bond donors (Lipinski definition) is 2. The van der Waals surface area contributed by atoms with Crippen molar-refractivity contribution < 1.29 is 4.79 Å². The van der Waals surface area contributed by atoms with E-state index < -0.39 is 0 Å². The van der Waals surface area contributed by atoms with Gasteiger partial charge in [-0.05, 0) is 12.1 Å². The van der Waals surface area contributed by atoms with Gasteiger partial charge in [0.25, 0.3) is 5.91 Å². The number of carbonyl (C=O) groups excluding carboxylic acids is 1. The van der Waals surface area contributed by atoms with Gasteiger partial charge in [0.05, 0.1) is 0 Å². The Kier molecular flexibility index (Phi) is 2.22. The average Bonchev–Trinajstić information content (AvgIpc) is 2.72. The van der Waals surface area contributed by atoms with Crippen LogP contribution in [0.3, 0.4) is 0 Å². The maximum Gasteiger partial charge on any atom is 0.258 e. The van der Waals surface area contributed by atoms with E-state index in [1.165, 1.54) is 6.33 Å². The van der Waals surface area contributed by atoms with Crippen LogP contribution in [0.5, 0.6) is 0 Å². The van der Waals surface area contributed by atoms with E-state index in [2.05, 4.69) is 20.5 Å². The summed E-state index contributed by atoms with van der Waals surface area (Å²) in [6.07, 6.45) is 1.40. The van der Waals surface area contributed by atoms with Gasteiger partial charge in [-0.25, -0.2) is 4.98 Å². The van der Waals surface area contributed by atoms with Crippen LogP contribution in [0.15, 0.2) is 36.7 Å². The second-order valence-corrected chi connectivity index (χ2v) is 2.64. The van der Waals surface area contributed by atoms with Crippen molar-refractivity contribution in [2.24, 2.45) is 0 Å². The molecular weight excluding hydrogens is 180 g/mol. The van der Waals surface area contributed by atoms with Crippen molar-refractivity contribution >= 4 is 11.9 Å². The lowest BCUT2D eigenvalue weighted by Crippen LogP contribution is -2.12. The zero-order valence-electron chi connectivity index (χ0n) is 7.27. The Bertz CT molecular complexity index is 410. The fraction of sp³-hybridized carbons (Fsp3) is 0. The third kappa shape index (κ3) is 1.77. The molecule has 0 saturated carbocycles. The quantitative estimate of drug-likeness (QED) is 0.740. The predicted octanol–water partition coefficient (Wildman–Crippen LogP) is 1.06. The molecule has 0 atom stereocenters. The average molecular weight is 188 g/mol. The lowest BCUT2D eigenvalue weighted by Gasteiger charge is -1.99. The molecule has 0 bridgehead atoms. The Morgan fingerprint density at radius 2 is 2.07 bits per heavy atom. The van der Waals surface area contributed by atoms with Gasteiger partial charge >= 0.3 is 0 Å². The summed E-state index contributed by atoms with van der Waals surface area (Å²) in [5.41, 5.74) is 0.581. The highest BCUT2D eigenvalue weighted by Crippen LogP contribution is 2.01. The molecule has 1 heterocycles. The second-order valence-electron chi connectivity index (χ2n) is 2.64. The second kappa shape index (κ2) is 3.69. The van der Waals surface area contributed by atoms with E-state index in [0.717, 1.165) is 0 Å². The van der Waals surface area contributed by atoms with Crippen LogP contribution < -0.4 is 5.32 Å². The molecule has 0 unspecified atom stereocenters. The number of nitrogens with one attached hydrogen (secondary N) is 2. The van der Waals surface area contributed by atoms with Crippen LogP contribution >= 0.6 is 0 Å². The van der Waals surface area contributed by atoms with Gasteiger partial charge in [-0.1, -0.05) is 18.2 Å². The van der Waals surface area contributed by atoms with E-state index in [0.29, 0.717) is 5.56 Å². The monoisotopic (exact) mass is 188 g/mol. The van der Waals surface area contributed by atoms with Crippen LogP contribution in [0.1, 0.15) is 10.4 Å². The van der Waals surface area contributed by atoms with E-state index >= 15 is 0 Å². The normalized spacial score (nSPS) is 9.71. The lowest BCUT2D eigenvalue weighted by molar-refractivity contribution is 0.102. The van der Waals surface area contributed by atoms with Gasteiger partial charge in [0.2, 0.25) is 5.95 Å². The molecule has 0 aliphatic heterocycles. The molecular formula is C9H8N4O. The molecule has 1 amide bonds. The topological polar surface area (TPSA) is 70.7 Å². The standard InChI is InChI=1S/C9H8N4O/c14-8(7-4-2-1-3-5-7)12-9-10-6-11-13-9/h1-6H,(H2,10,11,12,13,14). The number of rotatable bonds is 2. The van der Waals surface area contributed by atoms with Crippen LogP contribution in [0.25, 0.3) is 0 Å². The van der Waals surface area contributed by atoms with Gasteiger partial charge in [0, 0.05) is 5.56 Å². The number of aromatic amines is 1. The lowest BCUT2D eigenvalue weighted by atomic mass is 10.2. The predicted molar refractivity (Wildman–Crippen MR) is 50.8 cm³/mol. The third-order valence-electron chi connectivity index (χ3n) is 1.68. The maximum atomic E-state index is 11.5. The number of aromatic nitrogens is 3. The largest absolute Gasteiger partial charge is 0.289 e. The molecule has 0 radical (unpaired) electrons. The Balaban J connectivity index is 2.11. The minimum Gasteiger partial charge on any atom is -0.289 e. The third-order valence-corrected chi connectivity index (χ3v) is 1.68. The Labute approximate surface area is 80.2 Å². The smallest absolute Gasteiger partial charge is 0.258 e. The first kappa shape index (κ1) is 8.43. The van der Waals surface area contributed by atoms with E-state index in [-0.39, 0.29) is 11.9 Å². The Morgan fingerprint density at radius 1 is 1.29 bits per heavy atom. The molecule has 5 heteroatoms. The molecule has 0 spiro atoms. The zero-order chi connectivity index (χ0) is 9.80. The Morgan fingerprint density at radius 3 is 2.71 bits per heavy atom. The zero-order valence-corrected chi connectivity index (χ0v) is 7.27. The summed E-state index contributed by atoms with van der Waals surface area (Å²) >= 11 is 0. The van der Waals surface area contributed by atoms with Crippen molar-refractivity contribution in [1.29, 1.82) is 0 Å². The number of benzene rings is 1. The van der Waals surface area contributed by atoms with Crippen LogP contribution in [-0.4, -0.2) is 21.1 Å². The molecule has 0 fully saturated rings. The summed E-state index contributed by atoms with van der Waals surface area (Å²) < 4.78 is 0. The first-order chi connectivity index (χ1) is 6.86. The van der Waals surface area contributed by atoms with Crippen molar-refractivity contribution in [3.05, 3.63) is 42.2 Å². The summed E-state index contributed by atoms with van der Waals surface area (Å²) in [5, 5.41) is 8.77. The van der Waals surface area contributed by atoms with Gasteiger partial charge in [-0.3, -0.25) is 15.2 Å².